The summed E-state index contributed by atoms with van der Waals surface area (Å²) in [6.07, 6.45) is 2.64. The zero-order valence-electron chi connectivity index (χ0n) is 23.2. The van der Waals surface area contributed by atoms with Gasteiger partial charge < -0.3 is 19.6 Å². The van der Waals surface area contributed by atoms with E-state index < -0.39 is 11.6 Å². The van der Waals surface area contributed by atoms with Gasteiger partial charge in [0.1, 0.15) is 17.9 Å². The van der Waals surface area contributed by atoms with Crippen LogP contribution in [0.5, 0.6) is 0 Å². The number of amides is 1. The lowest BCUT2D eigenvalue weighted by atomic mass is 9.93. The Morgan fingerprint density at radius 2 is 1.72 bits per heavy atom. The Labute approximate surface area is 252 Å². The summed E-state index contributed by atoms with van der Waals surface area (Å²) in [6, 6.07) is 15.3. The number of aldehydes is 1. The molecule has 1 amide bonds. The molecule has 0 fully saturated rings. The van der Waals surface area contributed by atoms with Gasteiger partial charge in [-0.3, -0.25) is 14.8 Å². The van der Waals surface area contributed by atoms with Gasteiger partial charge in [-0.25, -0.2) is 13.8 Å². The zero-order chi connectivity index (χ0) is 30.6. The summed E-state index contributed by atoms with van der Waals surface area (Å²) in [5, 5.41) is 3.15. The molecule has 0 atom stereocenters. The number of halogens is 3. The van der Waals surface area contributed by atoms with Crippen molar-refractivity contribution >= 4 is 47.6 Å². The number of ether oxygens (including phenoxy) is 2. The molecule has 3 aromatic rings. The van der Waals surface area contributed by atoms with Gasteiger partial charge in [0.05, 0.1) is 55.6 Å². The number of hydrogen-bond acceptors (Lipinski definition) is 7. The number of rotatable bonds is 13. The molecular weight excluding hydrogens is 578 g/mol. The van der Waals surface area contributed by atoms with E-state index in [1.165, 1.54) is 24.4 Å². The van der Waals surface area contributed by atoms with Crippen LogP contribution in [0.2, 0.25) is 5.02 Å². The number of nitrogens with zero attached hydrogens (tertiary/aromatic N) is 3. The summed E-state index contributed by atoms with van der Waals surface area (Å²) < 4.78 is 40.3. The van der Waals surface area contributed by atoms with Crippen LogP contribution in [-0.2, 0) is 14.3 Å². The first-order valence-electron chi connectivity index (χ1n) is 13.4. The van der Waals surface area contributed by atoms with Crippen LogP contribution in [0.4, 0.5) is 14.5 Å². The fourth-order valence-electron chi connectivity index (χ4n) is 4.31. The number of nitrogens with one attached hydrogen (secondary N) is 1. The second-order valence-electron chi connectivity index (χ2n) is 9.23. The first kappa shape index (κ1) is 31.6. The highest BCUT2D eigenvalue weighted by Crippen LogP contribution is 2.30. The minimum absolute atomic E-state index is 0.0285. The Hall–Kier alpha value is -4.38. The van der Waals surface area contributed by atoms with Crippen LogP contribution in [0, 0.1) is 11.6 Å². The summed E-state index contributed by atoms with van der Waals surface area (Å²) in [6.45, 7) is 5.29. The number of hydrogen-bond donors (Lipinski definition) is 1. The maximum atomic E-state index is 14.9. The van der Waals surface area contributed by atoms with Gasteiger partial charge in [-0.2, -0.15) is 0 Å². The topological polar surface area (TPSA) is 102 Å². The second-order valence-corrected chi connectivity index (χ2v) is 9.67. The first-order valence-corrected chi connectivity index (χ1v) is 13.8. The molecular formula is C32H29ClF2N4O4. The molecule has 0 unspecified atom stereocenters. The highest BCUT2D eigenvalue weighted by Gasteiger charge is 2.26. The largest absolute Gasteiger partial charge is 0.379 e. The molecule has 1 N–H and O–H groups in total. The maximum Gasteiger partial charge on any atom is 0.251 e. The predicted octanol–water partition coefficient (Wildman–Crippen LogP) is 5.53. The van der Waals surface area contributed by atoms with E-state index in [1.54, 1.807) is 42.5 Å². The first-order chi connectivity index (χ1) is 20.9. The van der Waals surface area contributed by atoms with Gasteiger partial charge in [0.15, 0.2) is 0 Å². The highest BCUT2D eigenvalue weighted by atomic mass is 35.5. The second kappa shape index (κ2) is 15.7. The predicted molar refractivity (Wildman–Crippen MR) is 163 cm³/mol. The lowest BCUT2D eigenvalue weighted by Crippen LogP contribution is -2.27. The Morgan fingerprint density at radius 3 is 2.42 bits per heavy atom. The van der Waals surface area contributed by atoms with Gasteiger partial charge in [-0.1, -0.05) is 23.7 Å². The lowest BCUT2D eigenvalue weighted by molar-refractivity contribution is -0.108. The van der Waals surface area contributed by atoms with Crippen molar-refractivity contribution < 1.29 is 27.8 Å². The molecule has 0 saturated carbocycles. The van der Waals surface area contributed by atoms with Crippen LogP contribution in [-0.4, -0.2) is 69.9 Å². The van der Waals surface area contributed by atoms with Crippen molar-refractivity contribution in [2.24, 2.45) is 15.0 Å². The third-order valence-corrected chi connectivity index (χ3v) is 6.54. The zero-order valence-corrected chi connectivity index (χ0v) is 23.9. The Morgan fingerprint density at radius 1 is 1.00 bits per heavy atom. The third kappa shape index (κ3) is 8.35. The van der Waals surface area contributed by atoms with Crippen molar-refractivity contribution in [3.05, 3.63) is 111 Å². The molecule has 0 saturated heterocycles. The average molecular weight is 607 g/mol. The van der Waals surface area contributed by atoms with E-state index in [-0.39, 0.29) is 23.7 Å². The monoisotopic (exact) mass is 606 g/mol. The van der Waals surface area contributed by atoms with Crippen LogP contribution < -0.4 is 5.32 Å². The van der Waals surface area contributed by atoms with Crippen molar-refractivity contribution in [1.29, 1.82) is 0 Å². The molecule has 1 aliphatic heterocycles. The van der Waals surface area contributed by atoms with Gasteiger partial charge in [0, 0.05) is 46.5 Å². The summed E-state index contributed by atoms with van der Waals surface area (Å²) in [5.41, 5.74) is 2.80. The van der Waals surface area contributed by atoms with E-state index >= 15 is 0 Å². The molecule has 8 nitrogen and oxygen atoms in total. The van der Waals surface area contributed by atoms with E-state index in [2.05, 4.69) is 22.0 Å². The fraction of sp³-hybridized carbons (Fsp3) is 0.219. The standard InChI is InChI=1S/C32H29ClF2N4O4/c1-36-19-22-20-38-31(29-27(34)4-2-5-28(29)35)26-18-23(33)8-11-25(26)30(22)39-24-9-6-21(7-10-24)32(41)37-12-15-43-17-16-42-14-3-13-40/h2,4-11,13,18-19H,1,3,12,14-17,20H2,(H,37,41)/b22-19-,39-30+. The van der Waals surface area contributed by atoms with Crippen LogP contribution in [0.25, 0.3) is 0 Å². The summed E-state index contributed by atoms with van der Waals surface area (Å²) in [5.74, 6) is -1.78. The van der Waals surface area contributed by atoms with Gasteiger partial charge in [0.25, 0.3) is 5.91 Å². The smallest absolute Gasteiger partial charge is 0.251 e. The minimum Gasteiger partial charge on any atom is -0.379 e. The van der Waals surface area contributed by atoms with Gasteiger partial charge in [-0.05, 0) is 55.2 Å². The van der Waals surface area contributed by atoms with Crippen molar-refractivity contribution in [3.8, 4) is 0 Å². The molecule has 1 aliphatic rings. The molecule has 43 heavy (non-hydrogen) atoms. The fourth-order valence-corrected chi connectivity index (χ4v) is 4.48. The summed E-state index contributed by atoms with van der Waals surface area (Å²) in [4.78, 5) is 36.1. The molecule has 1 heterocycles. The highest BCUT2D eigenvalue weighted by molar-refractivity contribution is 6.32. The Bertz CT molecular complexity index is 1550. The van der Waals surface area contributed by atoms with Crippen molar-refractivity contribution in [2.75, 3.05) is 39.5 Å². The summed E-state index contributed by atoms with van der Waals surface area (Å²) >= 11 is 6.31. The molecule has 0 aliphatic carbocycles. The molecule has 0 bridgehead atoms. The number of benzene rings is 3. The molecule has 3 aromatic carbocycles. The van der Waals surface area contributed by atoms with E-state index in [0.717, 1.165) is 6.29 Å². The Kier molecular flexibility index (Phi) is 11.5. The lowest BCUT2D eigenvalue weighted by Gasteiger charge is -2.13. The van der Waals surface area contributed by atoms with Crippen LogP contribution in [0.1, 0.15) is 33.5 Å². The molecule has 0 spiro atoms. The molecule has 11 heteroatoms. The van der Waals surface area contributed by atoms with Crippen molar-refractivity contribution in [3.63, 3.8) is 0 Å². The van der Waals surface area contributed by atoms with Crippen LogP contribution >= 0.6 is 11.6 Å². The minimum atomic E-state index is -0.752. The van der Waals surface area contributed by atoms with Crippen molar-refractivity contribution in [1.82, 2.24) is 5.32 Å². The van der Waals surface area contributed by atoms with Crippen LogP contribution in [0.3, 0.4) is 0 Å². The normalized spacial score (nSPS) is 14.6. The van der Waals surface area contributed by atoms with E-state index in [0.29, 0.717) is 78.1 Å². The van der Waals surface area contributed by atoms with Gasteiger partial charge >= 0.3 is 0 Å². The number of carbonyl (C=O) groups excluding carboxylic acids is 2. The van der Waals surface area contributed by atoms with Crippen molar-refractivity contribution in [2.45, 2.75) is 6.42 Å². The SMILES string of the molecule is C=N/C=C1/CN=C(c2c(F)cccc2F)c2cc(Cl)ccc2/C1=N/c1ccc(C(=O)NCCOCCOCCC=O)cc1. The average Bonchev–Trinajstić information content (AvgIpc) is 3.13. The molecule has 0 aromatic heterocycles. The molecule has 222 valence electrons. The summed E-state index contributed by atoms with van der Waals surface area (Å²) in [7, 11) is 0. The number of aliphatic imine (C=N–C) groups is 3. The Balaban J connectivity index is 1.53. The van der Waals surface area contributed by atoms with E-state index in [4.69, 9.17) is 26.1 Å². The number of carbonyl (C=O) groups is 2. The molecule has 0 radical (unpaired) electrons. The van der Waals surface area contributed by atoms with E-state index in [1.807, 2.05) is 0 Å². The quantitative estimate of drug-likeness (QED) is 0.157. The third-order valence-electron chi connectivity index (χ3n) is 6.30. The molecule has 4 rings (SSSR count). The van der Waals surface area contributed by atoms with Gasteiger partial charge in [-0.15, -0.1) is 0 Å². The van der Waals surface area contributed by atoms with E-state index in [9.17, 15) is 18.4 Å². The van der Waals surface area contributed by atoms with Crippen LogP contribution in [0.15, 0.2) is 87.4 Å². The number of fused-ring (bicyclic) bond motifs is 1. The maximum absolute atomic E-state index is 14.9. The van der Waals surface area contributed by atoms with Gasteiger partial charge in [0.2, 0.25) is 0 Å².